The number of primary amides is 1. The van der Waals surface area contributed by atoms with Crippen LogP contribution >= 0.6 is 0 Å². The molecular weight excluding hydrogens is 230 g/mol. The highest BCUT2D eigenvalue weighted by Gasteiger charge is 2.13. The van der Waals surface area contributed by atoms with Crippen molar-refractivity contribution >= 4 is 5.91 Å². The van der Waals surface area contributed by atoms with Crippen LogP contribution in [0.4, 0.5) is 0 Å². The molecule has 0 spiro atoms. The standard InChI is InChI=1S/C13H15N3O2/c1-2-12(17)10-5-3-4-6-11(10)16-8-9(7-15-16)13(14)18/h3-8,12,17H,2H2,1H3,(H2,14,18). The fourth-order valence-corrected chi connectivity index (χ4v) is 1.78. The first-order chi connectivity index (χ1) is 8.63. The molecule has 0 radical (unpaired) electrons. The number of nitrogens with two attached hydrogens (primary N) is 1. The van der Waals surface area contributed by atoms with E-state index in [-0.39, 0.29) is 0 Å². The van der Waals surface area contributed by atoms with Crippen molar-refractivity contribution in [1.82, 2.24) is 9.78 Å². The third-order valence-electron chi connectivity index (χ3n) is 2.80. The summed E-state index contributed by atoms with van der Waals surface area (Å²) in [5.41, 5.74) is 7.06. The van der Waals surface area contributed by atoms with Crippen LogP contribution in [0.3, 0.4) is 0 Å². The molecule has 2 aromatic rings. The van der Waals surface area contributed by atoms with Crippen LogP contribution in [0.1, 0.15) is 35.4 Å². The summed E-state index contributed by atoms with van der Waals surface area (Å²) in [6.07, 6.45) is 3.03. The topological polar surface area (TPSA) is 81.1 Å². The zero-order valence-corrected chi connectivity index (χ0v) is 10.1. The summed E-state index contributed by atoms with van der Waals surface area (Å²) in [5.74, 6) is -0.519. The number of carbonyl (C=O) groups excluding carboxylic acids is 1. The Morgan fingerprint density at radius 2 is 2.22 bits per heavy atom. The van der Waals surface area contributed by atoms with Gasteiger partial charge < -0.3 is 10.8 Å². The van der Waals surface area contributed by atoms with E-state index in [1.807, 2.05) is 31.2 Å². The lowest BCUT2D eigenvalue weighted by atomic mass is 10.1. The van der Waals surface area contributed by atoms with E-state index in [9.17, 15) is 9.90 Å². The molecule has 3 N–H and O–H groups in total. The molecule has 0 fully saturated rings. The van der Waals surface area contributed by atoms with Crippen molar-refractivity contribution in [2.45, 2.75) is 19.4 Å². The van der Waals surface area contributed by atoms with Crippen molar-refractivity contribution in [2.75, 3.05) is 0 Å². The van der Waals surface area contributed by atoms with E-state index in [1.165, 1.54) is 6.20 Å². The number of para-hydroxylation sites is 1. The second-order valence-corrected chi connectivity index (χ2v) is 4.02. The molecule has 94 valence electrons. The number of nitrogens with zero attached hydrogens (tertiary/aromatic N) is 2. The average Bonchev–Trinajstić information content (AvgIpc) is 2.87. The summed E-state index contributed by atoms with van der Waals surface area (Å²) >= 11 is 0. The van der Waals surface area contributed by atoms with Crippen LogP contribution in [0.5, 0.6) is 0 Å². The Hall–Kier alpha value is -2.14. The number of amides is 1. The van der Waals surface area contributed by atoms with Crippen LogP contribution in [-0.4, -0.2) is 20.8 Å². The predicted octanol–water partition coefficient (Wildman–Crippen LogP) is 1.41. The van der Waals surface area contributed by atoms with Crippen LogP contribution < -0.4 is 5.73 Å². The highest BCUT2D eigenvalue weighted by atomic mass is 16.3. The van der Waals surface area contributed by atoms with Gasteiger partial charge in [-0.15, -0.1) is 0 Å². The van der Waals surface area contributed by atoms with E-state index in [1.54, 1.807) is 10.9 Å². The Balaban J connectivity index is 2.46. The number of hydrogen-bond donors (Lipinski definition) is 2. The molecule has 1 aromatic carbocycles. The Labute approximate surface area is 105 Å². The normalized spacial score (nSPS) is 12.3. The molecule has 0 saturated heterocycles. The Bertz CT molecular complexity index is 563. The second kappa shape index (κ2) is 5.01. The van der Waals surface area contributed by atoms with Gasteiger partial charge in [-0.05, 0) is 12.5 Å². The molecule has 2 rings (SSSR count). The minimum absolute atomic E-state index is 0.343. The summed E-state index contributed by atoms with van der Waals surface area (Å²) in [6, 6.07) is 7.39. The Kier molecular flexibility index (Phi) is 3.43. The number of aromatic nitrogens is 2. The van der Waals surface area contributed by atoms with Gasteiger partial charge in [-0.3, -0.25) is 4.79 Å². The molecule has 0 aliphatic carbocycles. The van der Waals surface area contributed by atoms with E-state index in [0.717, 1.165) is 11.3 Å². The fourth-order valence-electron chi connectivity index (χ4n) is 1.78. The van der Waals surface area contributed by atoms with Crippen LogP contribution in [-0.2, 0) is 0 Å². The van der Waals surface area contributed by atoms with Crippen LogP contribution in [0.15, 0.2) is 36.7 Å². The van der Waals surface area contributed by atoms with Gasteiger partial charge in [0.15, 0.2) is 0 Å². The van der Waals surface area contributed by atoms with Crippen molar-refractivity contribution in [1.29, 1.82) is 0 Å². The first-order valence-corrected chi connectivity index (χ1v) is 5.75. The van der Waals surface area contributed by atoms with Gasteiger partial charge in [-0.1, -0.05) is 25.1 Å². The maximum atomic E-state index is 11.0. The number of benzene rings is 1. The van der Waals surface area contributed by atoms with E-state index < -0.39 is 12.0 Å². The van der Waals surface area contributed by atoms with Gasteiger partial charge in [0.05, 0.1) is 23.6 Å². The lowest BCUT2D eigenvalue weighted by Gasteiger charge is -2.13. The number of carbonyl (C=O) groups is 1. The molecule has 1 aromatic heterocycles. The average molecular weight is 245 g/mol. The molecule has 0 saturated carbocycles. The summed E-state index contributed by atoms with van der Waals surface area (Å²) in [6.45, 7) is 1.90. The van der Waals surface area contributed by atoms with Crippen molar-refractivity contribution in [3.63, 3.8) is 0 Å². The number of aliphatic hydroxyl groups excluding tert-OH is 1. The molecule has 1 atom stereocenters. The number of rotatable bonds is 4. The number of hydrogen-bond acceptors (Lipinski definition) is 3. The third-order valence-corrected chi connectivity index (χ3v) is 2.80. The van der Waals surface area contributed by atoms with Crippen molar-refractivity contribution in [2.24, 2.45) is 5.73 Å². The van der Waals surface area contributed by atoms with Gasteiger partial charge >= 0.3 is 0 Å². The quantitative estimate of drug-likeness (QED) is 0.854. The minimum Gasteiger partial charge on any atom is -0.388 e. The van der Waals surface area contributed by atoms with E-state index in [0.29, 0.717) is 12.0 Å². The molecule has 1 heterocycles. The maximum Gasteiger partial charge on any atom is 0.251 e. The molecular formula is C13H15N3O2. The molecule has 1 amide bonds. The van der Waals surface area contributed by atoms with Gasteiger partial charge in [0, 0.05) is 11.8 Å². The first-order valence-electron chi connectivity index (χ1n) is 5.75. The lowest BCUT2D eigenvalue weighted by Crippen LogP contribution is -2.09. The lowest BCUT2D eigenvalue weighted by molar-refractivity contribution is 0.100. The monoisotopic (exact) mass is 245 g/mol. The van der Waals surface area contributed by atoms with Crippen LogP contribution in [0.25, 0.3) is 5.69 Å². The molecule has 5 nitrogen and oxygen atoms in total. The summed E-state index contributed by atoms with van der Waals surface area (Å²) < 4.78 is 1.55. The van der Waals surface area contributed by atoms with Gasteiger partial charge in [-0.25, -0.2) is 4.68 Å². The summed E-state index contributed by atoms with van der Waals surface area (Å²) in [7, 11) is 0. The van der Waals surface area contributed by atoms with Crippen LogP contribution in [0.2, 0.25) is 0 Å². The van der Waals surface area contributed by atoms with Gasteiger partial charge in [-0.2, -0.15) is 5.10 Å². The second-order valence-electron chi connectivity index (χ2n) is 4.02. The largest absolute Gasteiger partial charge is 0.388 e. The smallest absolute Gasteiger partial charge is 0.251 e. The highest BCUT2D eigenvalue weighted by molar-refractivity contribution is 5.92. The zero-order valence-electron chi connectivity index (χ0n) is 10.1. The van der Waals surface area contributed by atoms with E-state index in [2.05, 4.69) is 5.10 Å². The Morgan fingerprint density at radius 1 is 1.50 bits per heavy atom. The molecule has 5 heteroatoms. The SMILES string of the molecule is CCC(O)c1ccccc1-n1cc(C(N)=O)cn1. The summed E-state index contributed by atoms with van der Waals surface area (Å²) in [5, 5.41) is 14.0. The molecule has 0 aliphatic rings. The van der Waals surface area contributed by atoms with E-state index in [4.69, 9.17) is 5.73 Å². The summed E-state index contributed by atoms with van der Waals surface area (Å²) in [4.78, 5) is 11.0. The minimum atomic E-state index is -0.553. The predicted molar refractivity (Wildman–Crippen MR) is 67.3 cm³/mol. The van der Waals surface area contributed by atoms with Crippen molar-refractivity contribution < 1.29 is 9.90 Å². The molecule has 1 unspecified atom stereocenters. The van der Waals surface area contributed by atoms with Gasteiger partial charge in [0.1, 0.15) is 0 Å². The maximum absolute atomic E-state index is 11.0. The first kappa shape index (κ1) is 12.3. The van der Waals surface area contributed by atoms with Gasteiger partial charge in [0.2, 0.25) is 0 Å². The zero-order chi connectivity index (χ0) is 13.1. The number of aliphatic hydroxyl groups is 1. The third kappa shape index (κ3) is 2.26. The van der Waals surface area contributed by atoms with Crippen molar-refractivity contribution in [3.8, 4) is 5.69 Å². The fraction of sp³-hybridized carbons (Fsp3) is 0.231. The van der Waals surface area contributed by atoms with Crippen LogP contribution in [0, 0.1) is 0 Å². The molecule has 0 aliphatic heterocycles. The Morgan fingerprint density at radius 3 is 2.83 bits per heavy atom. The van der Waals surface area contributed by atoms with E-state index >= 15 is 0 Å². The van der Waals surface area contributed by atoms with Crippen molar-refractivity contribution in [3.05, 3.63) is 47.8 Å². The highest BCUT2D eigenvalue weighted by Crippen LogP contribution is 2.23. The molecule has 18 heavy (non-hydrogen) atoms. The molecule has 0 bridgehead atoms. The van der Waals surface area contributed by atoms with Gasteiger partial charge in [0.25, 0.3) is 5.91 Å².